The Morgan fingerprint density at radius 2 is 2.10 bits per heavy atom. The molecule has 0 fully saturated rings. The highest BCUT2D eigenvalue weighted by Crippen LogP contribution is 2.19. The third-order valence-electron chi connectivity index (χ3n) is 3.71. The van der Waals surface area contributed by atoms with E-state index in [4.69, 9.17) is 0 Å². The van der Waals surface area contributed by atoms with Crippen molar-refractivity contribution in [1.82, 2.24) is 9.62 Å². The maximum absolute atomic E-state index is 11.8. The van der Waals surface area contributed by atoms with Gasteiger partial charge in [-0.1, -0.05) is 11.6 Å². The topological polar surface area (TPSA) is 66.5 Å². The molecular weight excluding hydrogens is 288 g/mol. The average molecular weight is 316 g/mol. The molecule has 1 amide bonds. The second kappa shape index (κ2) is 8.54. The van der Waals surface area contributed by atoms with Crippen LogP contribution in [-0.4, -0.2) is 44.0 Å². The van der Waals surface area contributed by atoms with Gasteiger partial charge in [-0.05, 0) is 46.0 Å². The van der Waals surface area contributed by atoms with Gasteiger partial charge in [-0.2, -0.15) is 4.31 Å². The van der Waals surface area contributed by atoms with Crippen LogP contribution in [-0.2, 0) is 14.8 Å². The van der Waals surface area contributed by atoms with E-state index in [1.165, 1.54) is 29.0 Å². The lowest BCUT2D eigenvalue weighted by Crippen LogP contribution is -2.39. The van der Waals surface area contributed by atoms with E-state index in [0.29, 0.717) is 6.54 Å². The van der Waals surface area contributed by atoms with Crippen molar-refractivity contribution >= 4 is 15.9 Å². The Labute approximate surface area is 128 Å². The molecule has 1 N–H and O–H groups in total. The molecule has 0 aliphatic heterocycles. The Balaban J connectivity index is 2.28. The van der Waals surface area contributed by atoms with Crippen molar-refractivity contribution in [2.24, 2.45) is 0 Å². The van der Waals surface area contributed by atoms with Gasteiger partial charge < -0.3 is 5.32 Å². The van der Waals surface area contributed by atoms with Crippen LogP contribution in [0.2, 0.25) is 0 Å². The summed E-state index contributed by atoms with van der Waals surface area (Å²) in [6, 6.07) is -0.125. The molecule has 1 aliphatic rings. The minimum atomic E-state index is -3.25. The van der Waals surface area contributed by atoms with Crippen LogP contribution in [0, 0.1) is 0 Å². The number of carbonyl (C=O) groups is 1. The molecule has 0 aromatic carbocycles. The van der Waals surface area contributed by atoms with E-state index in [1.54, 1.807) is 0 Å². The van der Waals surface area contributed by atoms with Crippen molar-refractivity contribution in [3.8, 4) is 0 Å². The van der Waals surface area contributed by atoms with E-state index in [2.05, 4.69) is 11.4 Å². The summed E-state index contributed by atoms with van der Waals surface area (Å²) in [6.45, 7) is 4.51. The molecular formula is C15H28N2O3S. The molecule has 6 heteroatoms. The maximum Gasteiger partial charge on any atom is 0.221 e. The van der Waals surface area contributed by atoms with E-state index in [1.807, 2.05) is 13.8 Å². The normalized spacial score (nSPS) is 16.1. The van der Waals surface area contributed by atoms with Crippen molar-refractivity contribution in [2.75, 3.05) is 19.3 Å². The second-order valence-corrected chi connectivity index (χ2v) is 7.86. The van der Waals surface area contributed by atoms with Crippen molar-refractivity contribution in [3.05, 3.63) is 11.6 Å². The monoisotopic (exact) mass is 316 g/mol. The molecule has 1 rings (SSSR count). The SMILES string of the molecule is CC(C)N(CCC(=O)NCCC1=CCCCC1)S(C)(=O)=O. The Bertz CT molecular complexity index is 469. The van der Waals surface area contributed by atoms with E-state index >= 15 is 0 Å². The predicted octanol–water partition coefficient (Wildman–Crippen LogP) is 2.05. The summed E-state index contributed by atoms with van der Waals surface area (Å²) >= 11 is 0. The Morgan fingerprint density at radius 1 is 1.38 bits per heavy atom. The summed E-state index contributed by atoms with van der Waals surface area (Å²) in [5, 5.41) is 2.87. The van der Waals surface area contributed by atoms with Crippen LogP contribution < -0.4 is 5.32 Å². The molecule has 0 bridgehead atoms. The van der Waals surface area contributed by atoms with Gasteiger partial charge in [0.25, 0.3) is 0 Å². The van der Waals surface area contributed by atoms with Crippen molar-refractivity contribution in [3.63, 3.8) is 0 Å². The first kappa shape index (κ1) is 18.2. The summed E-state index contributed by atoms with van der Waals surface area (Å²) in [6.07, 6.45) is 9.40. The molecule has 0 heterocycles. The first-order chi connectivity index (χ1) is 9.80. The summed E-state index contributed by atoms with van der Waals surface area (Å²) in [5.74, 6) is -0.0827. The zero-order valence-electron chi connectivity index (χ0n) is 13.4. The molecule has 0 saturated heterocycles. The van der Waals surface area contributed by atoms with Gasteiger partial charge in [-0.25, -0.2) is 8.42 Å². The molecule has 0 radical (unpaired) electrons. The van der Waals surface area contributed by atoms with Gasteiger partial charge in [-0.3, -0.25) is 4.79 Å². The Morgan fingerprint density at radius 3 is 2.62 bits per heavy atom. The molecule has 21 heavy (non-hydrogen) atoms. The van der Waals surface area contributed by atoms with Crippen LogP contribution in [0.4, 0.5) is 0 Å². The smallest absolute Gasteiger partial charge is 0.221 e. The number of rotatable bonds is 8. The first-order valence-corrected chi connectivity index (χ1v) is 9.57. The van der Waals surface area contributed by atoms with E-state index in [9.17, 15) is 13.2 Å². The molecule has 1 aliphatic carbocycles. The minimum absolute atomic E-state index is 0.0827. The fraction of sp³-hybridized carbons (Fsp3) is 0.800. The lowest BCUT2D eigenvalue weighted by Gasteiger charge is -2.23. The van der Waals surface area contributed by atoms with Gasteiger partial charge in [-0.15, -0.1) is 0 Å². The number of nitrogens with zero attached hydrogens (tertiary/aromatic N) is 1. The second-order valence-electron chi connectivity index (χ2n) is 5.93. The minimum Gasteiger partial charge on any atom is -0.356 e. The number of nitrogens with one attached hydrogen (secondary N) is 1. The van der Waals surface area contributed by atoms with Crippen LogP contribution in [0.5, 0.6) is 0 Å². The number of allylic oxidation sites excluding steroid dienone is 1. The molecule has 0 spiro atoms. The summed E-state index contributed by atoms with van der Waals surface area (Å²) in [5.41, 5.74) is 1.43. The predicted molar refractivity (Wildman–Crippen MR) is 85.5 cm³/mol. The summed E-state index contributed by atoms with van der Waals surface area (Å²) in [4.78, 5) is 11.8. The van der Waals surface area contributed by atoms with Gasteiger partial charge in [0.2, 0.25) is 15.9 Å². The van der Waals surface area contributed by atoms with Crippen molar-refractivity contribution in [1.29, 1.82) is 0 Å². The largest absolute Gasteiger partial charge is 0.356 e. The highest BCUT2D eigenvalue weighted by molar-refractivity contribution is 7.88. The zero-order chi connectivity index (χ0) is 15.9. The summed E-state index contributed by atoms with van der Waals surface area (Å²) < 4.78 is 24.5. The number of hydrogen-bond acceptors (Lipinski definition) is 3. The highest BCUT2D eigenvalue weighted by atomic mass is 32.2. The molecule has 122 valence electrons. The van der Waals surface area contributed by atoms with Crippen LogP contribution in [0.3, 0.4) is 0 Å². The van der Waals surface area contributed by atoms with Crippen LogP contribution in [0.25, 0.3) is 0 Å². The summed E-state index contributed by atoms with van der Waals surface area (Å²) in [7, 11) is -3.25. The molecule has 0 unspecified atom stereocenters. The Hall–Kier alpha value is -0.880. The number of hydrogen-bond donors (Lipinski definition) is 1. The number of sulfonamides is 1. The van der Waals surface area contributed by atoms with Crippen LogP contribution in [0.1, 0.15) is 52.4 Å². The molecule has 0 aromatic heterocycles. The zero-order valence-corrected chi connectivity index (χ0v) is 14.2. The van der Waals surface area contributed by atoms with Gasteiger partial charge >= 0.3 is 0 Å². The lowest BCUT2D eigenvalue weighted by molar-refractivity contribution is -0.121. The van der Waals surface area contributed by atoms with E-state index < -0.39 is 10.0 Å². The van der Waals surface area contributed by atoms with E-state index in [0.717, 1.165) is 19.3 Å². The third kappa shape index (κ3) is 7.09. The number of amides is 1. The fourth-order valence-electron chi connectivity index (χ4n) is 2.60. The maximum atomic E-state index is 11.8. The third-order valence-corrected chi connectivity index (χ3v) is 5.17. The molecule has 0 atom stereocenters. The van der Waals surface area contributed by atoms with Gasteiger partial charge in [0.15, 0.2) is 0 Å². The lowest BCUT2D eigenvalue weighted by atomic mass is 9.97. The standard InChI is InChI=1S/C15H28N2O3S/c1-13(2)17(21(3,19)20)12-10-15(18)16-11-9-14-7-5-4-6-8-14/h7,13H,4-6,8-12H2,1-3H3,(H,16,18). The molecule has 5 nitrogen and oxygen atoms in total. The van der Waals surface area contributed by atoms with Crippen LogP contribution in [0.15, 0.2) is 11.6 Å². The van der Waals surface area contributed by atoms with E-state index in [-0.39, 0.29) is 24.9 Å². The van der Waals surface area contributed by atoms with Gasteiger partial charge in [0, 0.05) is 25.6 Å². The quantitative estimate of drug-likeness (QED) is 0.697. The van der Waals surface area contributed by atoms with Gasteiger partial charge in [0.05, 0.1) is 6.26 Å². The van der Waals surface area contributed by atoms with Crippen molar-refractivity contribution in [2.45, 2.75) is 58.4 Å². The van der Waals surface area contributed by atoms with Crippen molar-refractivity contribution < 1.29 is 13.2 Å². The van der Waals surface area contributed by atoms with Gasteiger partial charge in [0.1, 0.15) is 0 Å². The fourth-order valence-corrected chi connectivity index (χ4v) is 3.79. The highest BCUT2D eigenvalue weighted by Gasteiger charge is 2.20. The molecule has 0 aromatic rings. The number of carbonyl (C=O) groups excluding carboxylic acids is 1. The Kier molecular flexibility index (Phi) is 7.39. The molecule has 0 saturated carbocycles. The first-order valence-electron chi connectivity index (χ1n) is 7.72. The van der Waals surface area contributed by atoms with Crippen LogP contribution >= 0.6 is 0 Å². The average Bonchev–Trinajstić information content (AvgIpc) is 2.38.